The van der Waals surface area contributed by atoms with Gasteiger partial charge in [0, 0.05) is 26.2 Å². The number of hydrogen-bond acceptors (Lipinski definition) is 4. The second kappa shape index (κ2) is 6.96. The second-order valence-electron chi connectivity index (χ2n) is 6.05. The summed E-state index contributed by atoms with van der Waals surface area (Å²) >= 11 is 0. The lowest BCUT2D eigenvalue weighted by Crippen LogP contribution is -2.44. The quantitative estimate of drug-likeness (QED) is 0.909. The lowest BCUT2D eigenvalue weighted by atomic mass is 9.95. The van der Waals surface area contributed by atoms with Crippen molar-refractivity contribution in [2.24, 2.45) is 11.8 Å². The summed E-state index contributed by atoms with van der Waals surface area (Å²) in [7, 11) is 0. The molecule has 0 aromatic carbocycles. The zero-order chi connectivity index (χ0) is 15.4. The van der Waals surface area contributed by atoms with Crippen molar-refractivity contribution < 1.29 is 18.7 Å². The van der Waals surface area contributed by atoms with Crippen LogP contribution in [0.1, 0.15) is 29.6 Å². The Morgan fingerprint density at radius 1 is 1.27 bits per heavy atom. The van der Waals surface area contributed by atoms with Gasteiger partial charge in [-0.1, -0.05) is 0 Å². The van der Waals surface area contributed by atoms with E-state index >= 15 is 0 Å². The van der Waals surface area contributed by atoms with Crippen LogP contribution in [0.5, 0.6) is 0 Å². The van der Waals surface area contributed by atoms with Gasteiger partial charge in [0.05, 0.1) is 24.4 Å². The molecule has 6 heteroatoms. The topological polar surface area (TPSA) is 71.8 Å². The van der Waals surface area contributed by atoms with Crippen molar-refractivity contribution >= 4 is 11.8 Å². The fraction of sp³-hybridized carbons (Fsp3) is 0.625. The van der Waals surface area contributed by atoms with Crippen LogP contribution >= 0.6 is 0 Å². The first kappa shape index (κ1) is 15.1. The van der Waals surface area contributed by atoms with Crippen molar-refractivity contribution in [2.75, 3.05) is 32.8 Å². The first-order chi connectivity index (χ1) is 10.7. The SMILES string of the molecule is O=C(NCC1CCN(C(=O)[C@H]2CCOC2)CC1)c1ccoc1. The van der Waals surface area contributed by atoms with E-state index in [0.29, 0.717) is 31.2 Å². The molecule has 0 bridgehead atoms. The molecule has 1 N–H and O–H groups in total. The fourth-order valence-electron chi connectivity index (χ4n) is 3.08. The Morgan fingerprint density at radius 2 is 2.09 bits per heavy atom. The van der Waals surface area contributed by atoms with Gasteiger partial charge < -0.3 is 19.4 Å². The third-order valence-electron chi connectivity index (χ3n) is 4.54. The Morgan fingerprint density at radius 3 is 2.73 bits per heavy atom. The summed E-state index contributed by atoms with van der Waals surface area (Å²) < 4.78 is 10.2. The van der Waals surface area contributed by atoms with Gasteiger partial charge in [0.15, 0.2) is 0 Å². The third kappa shape index (κ3) is 3.50. The number of carbonyl (C=O) groups excluding carboxylic acids is 2. The molecule has 6 nitrogen and oxygen atoms in total. The molecule has 0 unspecified atom stereocenters. The molecular weight excluding hydrogens is 284 g/mol. The van der Waals surface area contributed by atoms with Gasteiger partial charge in [0.1, 0.15) is 6.26 Å². The molecule has 3 heterocycles. The van der Waals surface area contributed by atoms with Gasteiger partial charge in [-0.2, -0.15) is 0 Å². The molecule has 2 aliphatic rings. The molecule has 2 saturated heterocycles. The average molecular weight is 306 g/mol. The van der Waals surface area contributed by atoms with Crippen LogP contribution in [0.4, 0.5) is 0 Å². The van der Waals surface area contributed by atoms with E-state index in [1.165, 1.54) is 12.5 Å². The summed E-state index contributed by atoms with van der Waals surface area (Å²) in [5, 5.41) is 2.93. The lowest BCUT2D eigenvalue weighted by molar-refractivity contribution is -0.136. The summed E-state index contributed by atoms with van der Waals surface area (Å²) in [4.78, 5) is 26.1. The van der Waals surface area contributed by atoms with Gasteiger partial charge in [0.25, 0.3) is 5.91 Å². The molecule has 0 spiro atoms. The van der Waals surface area contributed by atoms with Crippen LogP contribution in [0.3, 0.4) is 0 Å². The highest BCUT2D eigenvalue weighted by atomic mass is 16.5. The van der Waals surface area contributed by atoms with Crippen molar-refractivity contribution in [1.29, 1.82) is 0 Å². The van der Waals surface area contributed by atoms with E-state index in [4.69, 9.17) is 9.15 Å². The normalized spacial score (nSPS) is 22.7. The van der Waals surface area contributed by atoms with E-state index < -0.39 is 0 Å². The van der Waals surface area contributed by atoms with Crippen LogP contribution in [0.2, 0.25) is 0 Å². The van der Waals surface area contributed by atoms with Crippen LogP contribution in [-0.2, 0) is 9.53 Å². The highest BCUT2D eigenvalue weighted by molar-refractivity contribution is 5.93. The number of carbonyl (C=O) groups is 2. The summed E-state index contributed by atoms with van der Waals surface area (Å²) in [5.74, 6) is 0.616. The first-order valence-electron chi connectivity index (χ1n) is 7.91. The third-order valence-corrected chi connectivity index (χ3v) is 4.54. The molecule has 0 aliphatic carbocycles. The second-order valence-corrected chi connectivity index (χ2v) is 6.05. The molecule has 2 amide bonds. The molecule has 1 atom stereocenters. The summed E-state index contributed by atoms with van der Waals surface area (Å²) in [6.45, 7) is 3.48. The van der Waals surface area contributed by atoms with Crippen molar-refractivity contribution in [3.05, 3.63) is 24.2 Å². The largest absolute Gasteiger partial charge is 0.472 e. The zero-order valence-electron chi connectivity index (χ0n) is 12.6. The van der Waals surface area contributed by atoms with Crippen LogP contribution in [-0.4, -0.2) is 49.6 Å². The smallest absolute Gasteiger partial charge is 0.254 e. The maximum Gasteiger partial charge on any atom is 0.254 e. The van der Waals surface area contributed by atoms with Crippen LogP contribution < -0.4 is 5.32 Å². The summed E-state index contributed by atoms with van der Waals surface area (Å²) in [6.07, 6.45) is 5.65. The Hall–Kier alpha value is -1.82. The number of nitrogens with one attached hydrogen (secondary N) is 1. The zero-order valence-corrected chi connectivity index (χ0v) is 12.6. The summed E-state index contributed by atoms with van der Waals surface area (Å²) in [5.41, 5.74) is 0.550. The summed E-state index contributed by atoms with van der Waals surface area (Å²) in [6, 6.07) is 1.65. The molecule has 1 aromatic rings. The van der Waals surface area contributed by atoms with Crippen molar-refractivity contribution in [2.45, 2.75) is 19.3 Å². The van der Waals surface area contributed by atoms with Crippen molar-refractivity contribution in [1.82, 2.24) is 10.2 Å². The lowest BCUT2D eigenvalue weighted by Gasteiger charge is -2.33. The number of likely N-dealkylation sites (tertiary alicyclic amines) is 1. The van der Waals surface area contributed by atoms with Gasteiger partial charge in [-0.3, -0.25) is 9.59 Å². The predicted molar refractivity (Wildman–Crippen MR) is 79.3 cm³/mol. The Balaban J connectivity index is 1.40. The molecule has 120 valence electrons. The van der Waals surface area contributed by atoms with E-state index in [2.05, 4.69) is 5.32 Å². The fourth-order valence-corrected chi connectivity index (χ4v) is 3.08. The number of nitrogens with zero attached hydrogens (tertiary/aromatic N) is 1. The predicted octanol–water partition coefficient (Wildman–Crippen LogP) is 1.28. The molecule has 2 aliphatic heterocycles. The van der Waals surface area contributed by atoms with Crippen LogP contribution in [0.25, 0.3) is 0 Å². The maximum absolute atomic E-state index is 12.3. The van der Waals surface area contributed by atoms with E-state index in [-0.39, 0.29) is 17.7 Å². The number of amides is 2. The Kier molecular flexibility index (Phi) is 4.77. The molecule has 3 rings (SSSR count). The number of ether oxygens (including phenoxy) is 1. The number of hydrogen-bond donors (Lipinski definition) is 1. The molecule has 2 fully saturated rings. The number of furan rings is 1. The van der Waals surface area contributed by atoms with E-state index in [0.717, 1.165) is 32.4 Å². The van der Waals surface area contributed by atoms with Gasteiger partial charge in [0.2, 0.25) is 5.91 Å². The van der Waals surface area contributed by atoms with Gasteiger partial charge in [-0.05, 0) is 31.2 Å². The van der Waals surface area contributed by atoms with E-state index in [1.54, 1.807) is 6.07 Å². The van der Waals surface area contributed by atoms with E-state index in [9.17, 15) is 9.59 Å². The Bertz CT molecular complexity index is 500. The highest BCUT2D eigenvalue weighted by Gasteiger charge is 2.30. The number of rotatable bonds is 4. The minimum atomic E-state index is -0.102. The van der Waals surface area contributed by atoms with E-state index in [1.807, 2.05) is 4.90 Å². The first-order valence-corrected chi connectivity index (χ1v) is 7.91. The van der Waals surface area contributed by atoms with Crippen molar-refractivity contribution in [3.63, 3.8) is 0 Å². The minimum absolute atomic E-state index is 0.0531. The highest BCUT2D eigenvalue weighted by Crippen LogP contribution is 2.21. The molecule has 1 aromatic heterocycles. The maximum atomic E-state index is 12.3. The molecular formula is C16H22N2O4. The standard InChI is InChI=1S/C16H22N2O4/c19-15(13-3-7-21-10-13)17-9-12-1-5-18(6-2-12)16(20)14-4-8-22-11-14/h3,7,10,12,14H,1-2,4-6,8-9,11H2,(H,17,19)/t14-/m0/s1. The Labute approximate surface area is 129 Å². The van der Waals surface area contributed by atoms with Gasteiger partial charge >= 0.3 is 0 Å². The monoisotopic (exact) mass is 306 g/mol. The van der Waals surface area contributed by atoms with Crippen molar-refractivity contribution in [3.8, 4) is 0 Å². The van der Waals surface area contributed by atoms with Gasteiger partial charge in [-0.25, -0.2) is 0 Å². The van der Waals surface area contributed by atoms with Gasteiger partial charge in [-0.15, -0.1) is 0 Å². The average Bonchev–Trinajstić information content (AvgIpc) is 3.25. The number of piperidine rings is 1. The molecule has 22 heavy (non-hydrogen) atoms. The van der Waals surface area contributed by atoms with Crippen LogP contribution in [0.15, 0.2) is 23.0 Å². The molecule has 0 saturated carbocycles. The van der Waals surface area contributed by atoms with Crippen LogP contribution in [0, 0.1) is 11.8 Å². The molecule has 0 radical (unpaired) electrons. The minimum Gasteiger partial charge on any atom is -0.472 e.